The summed E-state index contributed by atoms with van der Waals surface area (Å²) in [5.41, 5.74) is 4.20. The number of fused-ring (bicyclic) bond motifs is 2. The molecule has 2 aromatic rings. The molecule has 4 nitrogen and oxygen atoms in total. The molecule has 0 atom stereocenters. The Balaban J connectivity index is 1.45. The number of allylic oxidation sites excluding steroid dienone is 1. The zero-order chi connectivity index (χ0) is 19.2. The predicted octanol–water partition coefficient (Wildman–Crippen LogP) is 4.27. The highest BCUT2D eigenvalue weighted by Gasteiger charge is 2.38. The van der Waals surface area contributed by atoms with Crippen LogP contribution < -0.4 is 4.90 Å². The van der Waals surface area contributed by atoms with Crippen LogP contribution in [0.5, 0.6) is 0 Å². The molecule has 2 heterocycles. The molecule has 1 aliphatic carbocycles. The molecule has 4 rings (SSSR count). The van der Waals surface area contributed by atoms with Crippen LogP contribution in [-0.4, -0.2) is 25.4 Å². The molecule has 0 saturated carbocycles. The largest absolute Gasteiger partial charge is 0.453 e. The van der Waals surface area contributed by atoms with Gasteiger partial charge in [-0.2, -0.15) is 0 Å². The Labute approximate surface area is 163 Å². The summed E-state index contributed by atoms with van der Waals surface area (Å²) in [7, 11) is 1.96. The molecule has 140 valence electrons. The van der Waals surface area contributed by atoms with Gasteiger partial charge in [-0.3, -0.25) is 4.79 Å². The Bertz CT molecular complexity index is 933. The number of rotatable bonds is 4. The van der Waals surface area contributed by atoms with Crippen molar-refractivity contribution < 1.29 is 14.3 Å². The first-order valence-electron chi connectivity index (χ1n) is 9.25. The number of para-hydroxylation sites is 1. The van der Waals surface area contributed by atoms with Gasteiger partial charge in [-0.05, 0) is 42.5 Å². The third kappa shape index (κ3) is 3.10. The summed E-state index contributed by atoms with van der Waals surface area (Å²) in [5.74, 6) is -0.598. The molecule has 0 unspecified atom stereocenters. The van der Waals surface area contributed by atoms with E-state index in [1.54, 1.807) is 6.08 Å². The van der Waals surface area contributed by atoms with Gasteiger partial charge in [0.25, 0.3) is 0 Å². The summed E-state index contributed by atoms with van der Waals surface area (Å²) in [5, 5.41) is 0. The van der Waals surface area contributed by atoms with Gasteiger partial charge >= 0.3 is 5.97 Å². The number of likely N-dealkylation sites (N-methyl/N-ethyl adjacent to an activating group) is 1. The minimum Gasteiger partial charge on any atom is -0.453 e. The summed E-state index contributed by atoms with van der Waals surface area (Å²) < 4.78 is 5.28. The molecule has 0 radical (unpaired) electrons. The molecule has 27 heavy (non-hydrogen) atoms. The van der Waals surface area contributed by atoms with E-state index in [2.05, 4.69) is 26.0 Å². The van der Waals surface area contributed by atoms with E-state index < -0.39 is 5.97 Å². The standard InChI is InChI=1S/C22H23NO3S/c1-22(2)16-8-4-5-9-17(16)23(3)20(22)12-15(24)13-26-21(25)19-11-14-7-6-10-18(14)27-19/h4-5,8-9,11-12H,6-7,10,13H2,1-3H3. The third-order valence-corrected chi connectivity index (χ3v) is 6.75. The molecule has 2 aliphatic rings. The fourth-order valence-electron chi connectivity index (χ4n) is 4.09. The Kier molecular flexibility index (Phi) is 4.42. The number of ether oxygens (including phenoxy) is 1. The summed E-state index contributed by atoms with van der Waals surface area (Å²) in [4.78, 5) is 28.7. The van der Waals surface area contributed by atoms with E-state index >= 15 is 0 Å². The summed E-state index contributed by atoms with van der Waals surface area (Å²) in [6.45, 7) is 3.98. The zero-order valence-corrected chi connectivity index (χ0v) is 16.7. The van der Waals surface area contributed by atoms with Crippen molar-refractivity contribution >= 4 is 28.8 Å². The molecule has 0 amide bonds. The van der Waals surface area contributed by atoms with Crippen LogP contribution in [0.15, 0.2) is 42.1 Å². The van der Waals surface area contributed by atoms with Crippen molar-refractivity contribution in [3.05, 3.63) is 63.0 Å². The number of nitrogens with zero attached hydrogens (tertiary/aromatic N) is 1. The van der Waals surface area contributed by atoms with Crippen LogP contribution in [0.25, 0.3) is 0 Å². The normalized spacial score (nSPS) is 18.5. The number of thiophene rings is 1. The highest BCUT2D eigenvalue weighted by molar-refractivity contribution is 7.14. The van der Waals surface area contributed by atoms with Crippen LogP contribution in [-0.2, 0) is 27.8 Å². The molecule has 5 heteroatoms. The van der Waals surface area contributed by atoms with E-state index in [0.717, 1.165) is 30.6 Å². The SMILES string of the molecule is CN1C(=CC(=O)COC(=O)c2cc3c(s2)CCC3)C(C)(C)c2ccccc21. The van der Waals surface area contributed by atoms with E-state index in [9.17, 15) is 9.59 Å². The lowest BCUT2D eigenvalue weighted by molar-refractivity contribution is -0.117. The first-order valence-corrected chi connectivity index (χ1v) is 10.1. The lowest BCUT2D eigenvalue weighted by Crippen LogP contribution is -2.25. The predicted molar refractivity (Wildman–Crippen MR) is 108 cm³/mol. The van der Waals surface area contributed by atoms with Gasteiger partial charge in [-0.1, -0.05) is 32.0 Å². The number of hydrogen-bond acceptors (Lipinski definition) is 5. The maximum absolute atomic E-state index is 12.5. The lowest BCUT2D eigenvalue weighted by atomic mass is 9.83. The Morgan fingerprint density at radius 1 is 1.26 bits per heavy atom. The average molecular weight is 381 g/mol. The van der Waals surface area contributed by atoms with E-state index in [1.165, 1.54) is 27.3 Å². The topological polar surface area (TPSA) is 46.6 Å². The molecular formula is C22H23NO3S. The molecule has 0 fully saturated rings. The van der Waals surface area contributed by atoms with Gasteiger partial charge < -0.3 is 9.64 Å². The van der Waals surface area contributed by atoms with Gasteiger partial charge in [0.15, 0.2) is 12.4 Å². The maximum Gasteiger partial charge on any atom is 0.348 e. The first-order chi connectivity index (χ1) is 12.9. The van der Waals surface area contributed by atoms with Gasteiger partial charge in [0, 0.05) is 34.8 Å². The van der Waals surface area contributed by atoms with Crippen molar-refractivity contribution in [2.24, 2.45) is 0 Å². The van der Waals surface area contributed by atoms with Crippen LogP contribution >= 0.6 is 11.3 Å². The number of anilines is 1. The molecule has 0 N–H and O–H groups in total. The molecule has 0 spiro atoms. The average Bonchev–Trinajstić information content (AvgIpc) is 3.29. The highest BCUT2D eigenvalue weighted by Crippen LogP contribution is 2.46. The number of carbonyl (C=O) groups is 2. The monoisotopic (exact) mass is 381 g/mol. The molecule has 1 aromatic heterocycles. The van der Waals surface area contributed by atoms with Crippen LogP contribution in [0.4, 0.5) is 5.69 Å². The quantitative estimate of drug-likeness (QED) is 0.586. The maximum atomic E-state index is 12.5. The summed E-state index contributed by atoms with van der Waals surface area (Å²) in [6.07, 6.45) is 4.85. The minimum absolute atomic E-state index is 0.199. The van der Waals surface area contributed by atoms with Gasteiger partial charge in [0.05, 0.1) is 0 Å². The van der Waals surface area contributed by atoms with Crippen LogP contribution in [0.2, 0.25) is 0 Å². The molecule has 0 saturated heterocycles. The van der Waals surface area contributed by atoms with Gasteiger partial charge in [0.2, 0.25) is 0 Å². The second-order valence-electron chi connectivity index (χ2n) is 7.69. The second kappa shape index (κ2) is 6.64. The molecule has 1 aliphatic heterocycles. The molecule has 1 aromatic carbocycles. The van der Waals surface area contributed by atoms with Crippen molar-refractivity contribution in [3.63, 3.8) is 0 Å². The van der Waals surface area contributed by atoms with Crippen molar-refractivity contribution in [3.8, 4) is 0 Å². The highest BCUT2D eigenvalue weighted by atomic mass is 32.1. The van der Waals surface area contributed by atoms with Gasteiger partial charge in [-0.15, -0.1) is 11.3 Å². The zero-order valence-electron chi connectivity index (χ0n) is 15.9. The van der Waals surface area contributed by atoms with E-state index in [0.29, 0.717) is 4.88 Å². The van der Waals surface area contributed by atoms with Crippen molar-refractivity contribution in [1.82, 2.24) is 0 Å². The molecule has 0 bridgehead atoms. The van der Waals surface area contributed by atoms with Gasteiger partial charge in [0.1, 0.15) is 4.88 Å². The van der Waals surface area contributed by atoms with Crippen LogP contribution in [0, 0.1) is 0 Å². The number of benzene rings is 1. The van der Waals surface area contributed by atoms with Crippen LogP contribution in [0.1, 0.15) is 45.9 Å². The fourth-order valence-corrected chi connectivity index (χ4v) is 5.24. The molecular weight excluding hydrogens is 358 g/mol. The number of hydrogen-bond donors (Lipinski definition) is 0. The number of carbonyl (C=O) groups excluding carboxylic acids is 2. The van der Waals surface area contributed by atoms with Crippen molar-refractivity contribution in [1.29, 1.82) is 0 Å². The minimum atomic E-state index is -0.400. The number of aryl methyl sites for hydroxylation is 2. The van der Waals surface area contributed by atoms with Gasteiger partial charge in [-0.25, -0.2) is 4.79 Å². The second-order valence-corrected chi connectivity index (χ2v) is 8.82. The summed E-state index contributed by atoms with van der Waals surface area (Å²) >= 11 is 1.50. The summed E-state index contributed by atoms with van der Waals surface area (Å²) in [6, 6.07) is 10.1. The van der Waals surface area contributed by atoms with Crippen LogP contribution in [0.3, 0.4) is 0 Å². The third-order valence-electron chi connectivity index (χ3n) is 5.53. The first kappa shape index (κ1) is 18.0. The fraction of sp³-hybridized carbons (Fsp3) is 0.364. The Morgan fingerprint density at radius 2 is 2.04 bits per heavy atom. The van der Waals surface area contributed by atoms with E-state index in [4.69, 9.17) is 4.74 Å². The Hall–Kier alpha value is -2.40. The van der Waals surface area contributed by atoms with Crippen molar-refractivity contribution in [2.45, 2.75) is 38.5 Å². The van der Waals surface area contributed by atoms with E-state index in [1.807, 2.05) is 30.1 Å². The Morgan fingerprint density at radius 3 is 2.78 bits per heavy atom. The van der Waals surface area contributed by atoms with E-state index in [-0.39, 0.29) is 17.8 Å². The van der Waals surface area contributed by atoms with Crippen molar-refractivity contribution in [2.75, 3.05) is 18.6 Å². The lowest BCUT2D eigenvalue weighted by Gasteiger charge is -2.23. The smallest absolute Gasteiger partial charge is 0.348 e. The number of ketones is 1. The number of esters is 1.